The van der Waals surface area contributed by atoms with Crippen LogP contribution >= 0.6 is 0 Å². The van der Waals surface area contributed by atoms with Gasteiger partial charge in [-0.1, -0.05) is 18.2 Å². The SMILES string of the molecule is CC(N)CC(=O)NC1CC(=O)N(c2ccc(Oc3ccccc3)cc2)C1. The van der Waals surface area contributed by atoms with E-state index in [1.54, 1.807) is 11.8 Å². The van der Waals surface area contributed by atoms with Crippen LogP contribution in [-0.2, 0) is 9.59 Å². The van der Waals surface area contributed by atoms with E-state index in [1.807, 2.05) is 54.6 Å². The summed E-state index contributed by atoms with van der Waals surface area (Å²) in [7, 11) is 0. The molecule has 1 saturated heterocycles. The molecule has 6 heteroatoms. The van der Waals surface area contributed by atoms with Gasteiger partial charge in [0.1, 0.15) is 11.5 Å². The molecule has 136 valence electrons. The zero-order valence-electron chi connectivity index (χ0n) is 14.7. The van der Waals surface area contributed by atoms with Gasteiger partial charge in [-0.2, -0.15) is 0 Å². The molecule has 2 unspecified atom stereocenters. The van der Waals surface area contributed by atoms with Gasteiger partial charge in [0.2, 0.25) is 11.8 Å². The predicted octanol–water partition coefficient (Wildman–Crippen LogP) is 2.44. The molecule has 1 aliphatic heterocycles. The van der Waals surface area contributed by atoms with Crippen molar-refractivity contribution in [3.8, 4) is 11.5 Å². The fraction of sp³-hybridized carbons (Fsp3) is 0.300. The van der Waals surface area contributed by atoms with Crippen LogP contribution in [0, 0.1) is 0 Å². The number of benzene rings is 2. The van der Waals surface area contributed by atoms with Crippen LogP contribution in [0.5, 0.6) is 11.5 Å². The van der Waals surface area contributed by atoms with Crippen LogP contribution in [0.1, 0.15) is 19.8 Å². The Morgan fingerprint density at radius 1 is 1.19 bits per heavy atom. The van der Waals surface area contributed by atoms with E-state index in [0.29, 0.717) is 18.7 Å². The highest BCUT2D eigenvalue weighted by Gasteiger charge is 2.31. The third-order valence-electron chi connectivity index (χ3n) is 4.12. The summed E-state index contributed by atoms with van der Waals surface area (Å²) in [6, 6.07) is 16.5. The first-order valence-electron chi connectivity index (χ1n) is 8.69. The van der Waals surface area contributed by atoms with Gasteiger partial charge in [-0.25, -0.2) is 0 Å². The van der Waals surface area contributed by atoms with Gasteiger partial charge in [0.15, 0.2) is 0 Å². The van der Waals surface area contributed by atoms with E-state index in [4.69, 9.17) is 10.5 Å². The normalized spacial score (nSPS) is 17.8. The van der Waals surface area contributed by atoms with Crippen molar-refractivity contribution in [3.63, 3.8) is 0 Å². The van der Waals surface area contributed by atoms with Crippen LogP contribution in [0.25, 0.3) is 0 Å². The zero-order chi connectivity index (χ0) is 18.5. The standard InChI is InChI=1S/C20H23N3O3/c1-14(21)11-19(24)22-15-12-20(25)23(13-15)16-7-9-18(10-8-16)26-17-5-3-2-4-6-17/h2-10,14-15H,11-13,21H2,1H3,(H,22,24). The number of nitrogens with two attached hydrogens (primary N) is 1. The summed E-state index contributed by atoms with van der Waals surface area (Å²) >= 11 is 0. The van der Waals surface area contributed by atoms with Crippen molar-refractivity contribution in [3.05, 3.63) is 54.6 Å². The minimum atomic E-state index is -0.194. The van der Waals surface area contributed by atoms with Crippen LogP contribution in [0.4, 0.5) is 5.69 Å². The number of nitrogens with zero attached hydrogens (tertiary/aromatic N) is 1. The molecular formula is C20H23N3O3. The van der Waals surface area contributed by atoms with Gasteiger partial charge in [-0.3, -0.25) is 9.59 Å². The van der Waals surface area contributed by atoms with Crippen molar-refractivity contribution in [1.29, 1.82) is 0 Å². The molecule has 0 saturated carbocycles. The van der Waals surface area contributed by atoms with E-state index < -0.39 is 0 Å². The maximum Gasteiger partial charge on any atom is 0.229 e. The Hall–Kier alpha value is -2.86. The number of amides is 2. The van der Waals surface area contributed by atoms with Crippen LogP contribution in [-0.4, -0.2) is 30.4 Å². The molecule has 26 heavy (non-hydrogen) atoms. The number of hydrogen-bond donors (Lipinski definition) is 2. The van der Waals surface area contributed by atoms with Crippen LogP contribution in [0.2, 0.25) is 0 Å². The summed E-state index contributed by atoms with van der Waals surface area (Å²) in [4.78, 5) is 25.8. The number of anilines is 1. The maximum atomic E-state index is 12.3. The summed E-state index contributed by atoms with van der Waals surface area (Å²) in [5.74, 6) is 1.34. The topological polar surface area (TPSA) is 84.7 Å². The number of ether oxygens (including phenoxy) is 1. The Bertz CT molecular complexity index is 760. The third-order valence-corrected chi connectivity index (χ3v) is 4.12. The third kappa shape index (κ3) is 4.61. The average Bonchev–Trinajstić information content (AvgIpc) is 2.96. The summed E-state index contributed by atoms with van der Waals surface area (Å²) in [6.45, 7) is 2.24. The molecule has 0 aromatic heterocycles. The highest BCUT2D eigenvalue weighted by molar-refractivity contribution is 5.96. The van der Waals surface area contributed by atoms with Gasteiger partial charge in [0.05, 0.1) is 6.04 Å². The lowest BCUT2D eigenvalue weighted by atomic mass is 10.2. The molecule has 0 aliphatic carbocycles. The molecule has 1 fully saturated rings. The molecule has 6 nitrogen and oxygen atoms in total. The molecule has 2 atom stereocenters. The maximum absolute atomic E-state index is 12.3. The second kappa shape index (κ2) is 8.01. The van der Waals surface area contributed by atoms with Gasteiger partial charge in [-0.05, 0) is 43.3 Å². The first-order valence-corrected chi connectivity index (χ1v) is 8.69. The Balaban J connectivity index is 1.60. The molecule has 1 aliphatic rings. The van der Waals surface area contributed by atoms with Crippen molar-refractivity contribution in [2.45, 2.75) is 31.8 Å². The van der Waals surface area contributed by atoms with Gasteiger partial charge in [0.25, 0.3) is 0 Å². The van der Waals surface area contributed by atoms with E-state index >= 15 is 0 Å². The van der Waals surface area contributed by atoms with E-state index in [-0.39, 0.29) is 30.3 Å². The zero-order valence-corrected chi connectivity index (χ0v) is 14.7. The second-order valence-electron chi connectivity index (χ2n) is 6.56. The number of hydrogen-bond acceptors (Lipinski definition) is 4. The largest absolute Gasteiger partial charge is 0.457 e. The quantitative estimate of drug-likeness (QED) is 0.835. The number of para-hydroxylation sites is 1. The van der Waals surface area contributed by atoms with Crippen LogP contribution in [0.15, 0.2) is 54.6 Å². The lowest BCUT2D eigenvalue weighted by molar-refractivity contribution is -0.122. The Morgan fingerprint density at radius 3 is 2.50 bits per heavy atom. The number of carbonyl (C=O) groups is 2. The van der Waals surface area contributed by atoms with E-state index in [9.17, 15) is 9.59 Å². The first kappa shape index (κ1) is 17.9. The predicted molar refractivity (Wildman–Crippen MR) is 100 cm³/mol. The molecular weight excluding hydrogens is 330 g/mol. The van der Waals surface area contributed by atoms with Crippen molar-refractivity contribution in [1.82, 2.24) is 5.32 Å². The minimum Gasteiger partial charge on any atom is -0.457 e. The molecule has 0 bridgehead atoms. The molecule has 0 spiro atoms. The summed E-state index contributed by atoms with van der Waals surface area (Å²) in [5.41, 5.74) is 6.42. The van der Waals surface area contributed by atoms with Crippen LogP contribution in [0.3, 0.4) is 0 Å². The smallest absolute Gasteiger partial charge is 0.229 e. The van der Waals surface area contributed by atoms with Crippen molar-refractivity contribution in [2.75, 3.05) is 11.4 Å². The van der Waals surface area contributed by atoms with Crippen molar-refractivity contribution < 1.29 is 14.3 Å². The highest BCUT2D eigenvalue weighted by atomic mass is 16.5. The van der Waals surface area contributed by atoms with Gasteiger partial charge in [0, 0.05) is 31.1 Å². The van der Waals surface area contributed by atoms with E-state index in [0.717, 1.165) is 11.4 Å². The monoisotopic (exact) mass is 353 g/mol. The fourth-order valence-electron chi connectivity index (χ4n) is 2.95. The molecule has 3 N–H and O–H groups in total. The average molecular weight is 353 g/mol. The molecule has 2 amide bonds. The first-order chi connectivity index (χ1) is 12.5. The summed E-state index contributed by atoms with van der Waals surface area (Å²) in [6.07, 6.45) is 0.559. The van der Waals surface area contributed by atoms with E-state index in [2.05, 4.69) is 5.32 Å². The lowest BCUT2D eigenvalue weighted by Gasteiger charge is -2.18. The minimum absolute atomic E-state index is 0.00664. The number of carbonyl (C=O) groups excluding carboxylic acids is 2. The molecule has 1 heterocycles. The highest BCUT2D eigenvalue weighted by Crippen LogP contribution is 2.26. The Morgan fingerprint density at radius 2 is 1.85 bits per heavy atom. The number of rotatable bonds is 6. The van der Waals surface area contributed by atoms with Gasteiger partial charge in [-0.15, -0.1) is 0 Å². The Labute approximate surface area is 152 Å². The lowest BCUT2D eigenvalue weighted by Crippen LogP contribution is -2.39. The summed E-state index contributed by atoms with van der Waals surface area (Å²) in [5, 5.41) is 2.88. The molecule has 3 rings (SSSR count). The molecule has 2 aromatic rings. The second-order valence-corrected chi connectivity index (χ2v) is 6.56. The summed E-state index contributed by atoms with van der Waals surface area (Å²) < 4.78 is 5.76. The van der Waals surface area contributed by atoms with Crippen molar-refractivity contribution >= 4 is 17.5 Å². The van der Waals surface area contributed by atoms with E-state index in [1.165, 1.54) is 0 Å². The molecule has 2 aromatic carbocycles. The van der Waals surface area contributed by atoms with Crippen LogP contribution < -0.4 is 20.7 Å². The van der Waals surface area contributed by atoms with Gasteiger partial charge >= 0.3 is 0 Å². The van der Waals surface area contributed by atoms with Crippen molar-refractivity contribution in [2.24, 2.45) is 5.73 Å². The Kier molecular flexibility index (Phi) is 5.53. The number of nitrogens with one attached hydrogen (secondary N) is 1. The fourth-order valence-corrected chi connectivity index (χ4v) is 2.95. The molecule has 0 radical (unpaired) electrons. The van der Waals surface area contributed by atoms with Gasteiger partial charge < -0.3 is 20.7 Å².